The molecule has 2 aromatic carbocycles. The Hall–Kier alpha value is -2.23. The van der Waals surface area contributed by atoms with Gasteiger partial charge in [0, 0.05) is 11.1 Å². The second-order valence-corrected chi connectivity index (χ2v) is 4.20. The van der Waals surface area contributed by atoms with Crippen LogP contribution in [0.25, 0.3) is 0 Å². The lowest BCUT2D eigenvalue weighted by Gasteiger charge is -2.03. The van der Waals surface area contributed by atoms with E-state index in [9.17, 15) is 8.78 Å². The highest BCUT2D eigenvalue weighted by Gasteiger charge is 2.07. The van der Waals surface area contributed by atoms with Gasteiger partial charge in [-0.15, -0.1) is 0 Å². The molecular weight excluding hydrogens is 260 g/mol. The highest BCUT2D eigenvalue weighted by molar-refractivity contribution is 5.81. The lowest BCUT2D eigenvalue weighted by Crippen LogP contribution is -1.96. The first-order chi connectivity index (χ1) is 9.72. The van der Waals surface area contributed by atoms with Crippen molar-refractivity contribution >= 4 is 6.21 Å². The first-order valence-corrected chi connectivity index (χ1v) is 6.31. The van der Waals surface area contributed by atoms with Crippen LogP contribution < -0.4 is 0 Å². The topological polar surface area (TPSA) is 21.6 Å². The average Bonchev–Trinajstić information content (AvgIpc) is 2.48. The predicted octanol–water partition coefficient (Wildman–Crippen LogP) is 3.95. The molecule has 2 aromatic rings. The summed E-state index contributed by atoms with van der Waals surface area (Å²) >= 11 is 0. The summed E-state index contributed by atoms with van der Waals surface area (Å²) in [5, 5.41) is 3.68. The Balaban J connectivity index is 1.99. The minimum absolute atomic E-state index is 0.124. The predicted molar refractivity (Wildman–Crippen MR) is 73.5 cm³/mol. The van der Waals surface area contributed by atoms with E-state index in [1.165, 1.54) is 12.1 Å². The molecule has 0 aromatic heterocycles. The average molecular weight is 274 g/mol. The maximum absolute atomic E-state index is 13.4. The van der Waals surface area contributed by atoms with Crippen LogP contribution in [0, 0.1) is 11.6 Å². The fourth-order valence-electron chi connectivity index (χ4n) is 1.78. The van der Waals surface area contributed by atoms with E-state index in [-0.39, 0.29) is 12.2 Å². The van der Waals surface area contributed by atoms with E-state index < -0.39 is 11.6 Å². The molecular formula is C16H14F2NO. The Morgan fingerprint density at radius 3 is 2.60 bits per heavy atom. The zero-order chi connectivity index (χ0) is 14.4. The van der Waals surface area contributed by atoms with Crippen LogP contribution in [-0.4, -0.2) is 6.21 Å². The first kappa shape index (κ1) is 14.2. The molecule has 0 spiro atoms. The number of rotatable bonds is 5. The third-order valence-electron chi connectivity index (χ3n) is 2.88. The summed E-state index contributed by atoms with van der Waals surface area (Å²) in [6, 6.07) is 11.6. The van der Waals surface area contributed by atoms with Gasteiger partial charge in [-0.1, -0.05) is 48.5 Å². The third kappa shape index (κ3) is 3.41. The second kappa shape index (κ2) is 6.80. The summed E-state index contributed by atoms with van der Waals surface area (Å²) in [6.07, 6.45) is 3.61. The van der Waals surface area contributed by atoms with Gasteiger partial charge in [-0.2, -0.15) is 0 Å². The van der Waals surface area contributed by atoms with Crippen LogP contribution in [0.4, 0.5) is 8.78 Å². The fourth-order valence-corrected chi connectivity index (χ4v) is 1.78. The van der Waals surface area contributed by atoms with Gasteiger partial charge in [0.05, 0.1) is 0 Å². The zero-order valence-electron chi connectivity index (χ0n) is 11.1. The molecule has 0 N–H and O–H groups in total. The van der Waals surface area contributed by atoms with Crippen LogP contribution in [0.3, 0.4) is 0 Å². The van der Waals surface area contributed by atoms with Crippen molar-refractivity contribution < 1.29 is 13.6 Å². The van der Waals surface area contributed by atoms with Crippen molar-refractivity contribution in [2.24, 2.45) is 5.16 Å². The molecule has 0 atom stereocenters. The molecule has 0 unspecified atom stereocenters. The van der Waals surface area contributed by atoms with Crippen molar-refractivity contribution in [1.82, 2.24) is 0 Å². The summed E-state index contributed by atoms with van der Waals surface area (Å²) in [5.41, 5.74) is 2.05. The maximum Gasteiger partial charge on any atom is 0.165 e. The van der Waals surface area contributed by atoms with Gasteiger partial charge in [0.1, 0.15) is 12.8 Å². The molecule has 0 heterocycles. The van der Waals surface area contributed by atoms with E-state index >= 15 is 0 Å². The van der Waals surface area contributed by atoms with Crippen LogP contribution in [0.2, 0.25) is 0 Å². The Morgan fingerprint density at radius 1 is 1.05 bits per heavy atom. The van der Waals surface area contributed by atoms with Crippen LogP contribution in [-0.2, 0) is 17.9 Å². The Bertz CT molecular complexity index is 611. The van der Waals surface area contributed by atoms with E-state index in [4.69, 9.17) is 4.84 Å². The Labute approximate surface area is 116 Å². The highest BCUT2D eigenvalue weighted by Crippen LogP contribution is 2.12. The molecule has 1 radical (unpaired) electrons. The summed E-state index contributed by atoms with van der Waals surface area (Å²) in [6.45, 7) is 1.90. The van der Waals surface area contributed by atoms with Gasteiger partial charge in [-0.25, -0.2) is 8.78 Å². The Morgan fingerprint density at radius 2 is 1.80 bits per heavy atom. The van der Waals surface area contributed by atoms with Crippen LogP contribution in [0.5, 0.6) is 0 Å². The van der Waals surface area contributed by atoms with E-state index in [0.717, 1.165) is 23.6 Å². The molecule has 2 rings (SSSR count). The SMILES string of the molecule is CCc1ccccc1/[C]=N\OCc1cccc(F)c1F. The lowest BCUT2D eigenvalue weighted by atomic mass is 10.1. The number of hydrogen-bond donors (Lipinski definition) is 0. The number of aryl methyl sites for hydroxylation is 1. The summed E-state index contributed by atoms with van der Waals surface area (Å²) in [5.74, 6) is -1.80. The summed E-state index contributed by atoms with van der Waals surface area (Å²) in [4.78, 5) is 4.97. The summed E-state index contributed by atoms with van der Waals surface area (Å²) < 4.78 is 26.3. The van der Waals surface area contributed by atoms with Gasteiger partial charge >= 0.3 is 0 Å². The van der Waals surface area contributed by atoms with Gasteiger partial charge in [-0.05, 0) is 18.1 Å². The van der Waals surface area contributed by atoms with Crippen LogP contribution >= 0.6 is 0 Å². The van der Waals surface area contributed by atoms with Crippen molar-refractivity contribution in [2.45, 2.75) is 20.0 Å². The first-order valence-electron chi connectivity index (χ1n) is 6.31. The van der Waals surface area contributed by atoms with Crippen molar-refractivity contribution in [3.63, 3.8) is 0 Å². The molecule has 4 heteroatoms. The number of halogens is 2. The van der Waals surface area contributed by atoms with Crippen molar-refractivity contribution in [1.29, 1.82) is 0 Å². The van der Waals surface area contributed by atoms with Gasteiger partial charge in [0.2, 0.25) is 0 Å². The highest BCUT2D eigenvalue weighted by atomic mass is 19.2. The standard InChI is InChI=1S/C16H14F2NO/c1-2-12-6-3-4-7-13(12)10-19-20-11-14-8-5-9-15(17)16(14)18/h3-9H,2,11H2,1H3. The maximum atomic E-state index is 13.4. The molecule has 2 nitrogen and oxygen atoms in total. The molecule has 20 heavy (non-hydrogen) atoms. The van der Waals surface area contributed by atoms with Gasteiger partial charge in [0.15, 0.2) is 11.6 Å². The monoisotopic (exact) mass is 274 g/mol. The molecule has 0 fully saturated rings. The van der Waals surface area contributed by atoms with E-state index in [0.29, 0.717) is 0 Å². The quantitative estimate of drug-likeness (QED) is 0.597. The summed E-state index contributed by atoms with van der Waals surface area (Å²) in [7, 11) is 0. The van der Waals surface area contributed by atoms with Crippen molar-refractivity contribution in [3.05, 3.63) is 70.8 Å². The van der Waals surface area contributed by atoms with E-state index in [2.05, 4.69) is 11.4 Å². The molecule has 0 aliphatic carbocycles. The molecule has 0 bridgehead atoms. The largest absolute Gasteiger partial charge is 0.390 e. The molecule has 0 aliphatic rings. The molecule has 0 saturated heterocycles. The number of hydrogen-bond acceptors (Lipinski definition) is 2. The van der Waals surface area contributed by atoms with Gasteiger partial charge in [-0.3, -0.25) is 0 Å². The normalized spacial score (nSPS) is 10.9. The molecule has 0 amide bonds. The van der Waals surface area contributed by atoms with Crippen LogP contribution in [0.15, 0.2) is 47.6 Å². The minimum atomic E-state index is -0.906. The zero-order valence-corrected chi connectivity index (χ0v) is 11.1. The molecule has 103 valence electrons. The Kier molecular flexibility index (Phi) is 4.82. The van der Waals surface area contributed by atoms with Gasteiger partial charge in [0.25, 0.3) is 0 Å². The van der Waals surface area contributed by atoms with Crippen molar-refractivity contribution in [2.75, 3.05) is 0 Å². The van der Waals surface area contributed by atoms with Crippen molar-refractivity contribution in [3.8, 4) is 0 Å². The van der Waals surface area contributed by atoms with Gasteiger partial charge < -0.3 is 4.84 Å². The minimum Gasteiger partial charge on any atom is -0.390 e. The second-order valence-electron chi connectivity index (χ2n) is 4.20. The number of nitrogens with zero attached hydrogens (tertiary/aromatic N) is 1. The third-order valence-corrected chi connectivity index (χ3v) is 2.88. The molecule has 0 saturated carbocycles. The number of benzene rings is 2. The fraction of sp³-hybridized carbons (Fsp3) is 0.188. The molecule has 0 aliphatic heterocycles. The van der Waals surface area contributed by atoms with E-state index in [1.807, 2.05) is 31.2 Å². The van der Waals surface area contributed by atoms with Crippen LogP contribution in [0.1, 0.15) is 23.6 Å². The lowest BCUT2D eigenvalue weighted by molar-refractivity contribution is 0.129. The van der Waals surface area contributed by atoms with E-state index in [1.54, 1.807) is 0 Å². The smallest absolute Gasteiger partial charge is 0.165 e.